The predicted molar refractivity (Wildman–Crippen MR) is 127 cm³/mol. The molecule has 3 aromatic carbocycles. The number of carboxylic acids is 1. The quantitative estimate of drug-likeness (QED) is 0.463. The molecule has 2 unspecified atom stereocenters. The van der Waals surface area contributed by atoms with E-state index in [1.54, 1.807) is 0 Å². The fourth-order valence-corrected chi connectivity index (χ4v) is 4.69. The van der Waals surface area contributed by atoms with Crippen LogP contribution in [0, 0.1) is 17.7 Å². The number of ether oxygens (including phenoxy) is 1. The fraction of sp³-hybridized carbons (Fsp3) is 0.222. The number of hydrogen-bond acceptors (Lipinski definition) is 4. The Hall–Kier alpha value is -4.20. The van der Waals surface area contributed by atoms with Gasteiger partial charge in [-0.3, -0.25) is 4.79 Å². The van der Waals surface area contributed by atoms with Crippen LogP contribution in [0.5, 0.6) is 0 Å². The van der Waals surface area contributed by atoms with Crippen molar-refractivity contribution in [2.45, 2.75) is 12.3 Å². The van der Waals surface area contributed by atoms with Crippen LogP contribution in [0.25, 0.3) is 11.1 Å². The van der Waals surface area contributed by atoms with Gasteiger partial charge in [-0.2, -0.15) is 0 Å². The summed E-state index contributed by atoms with van der Waals surface area (Å²) in [5.41, 5.74) is 4.27. The number of benzene rings is 3. The molecule has 0 radical (unpaired) electrons. The van der Waals surface area contributed by atoms with Crippen LogP contribution < -0.4 is 10.6 Å². The molecule has 0 aliphatic heterocycles. The Kier molecular flexibility index (Phi) is 5.94. The first-order valence-electron chi connectivity index (χ1n) is 11.3. The second kappa shape index (κ2) is 9.21. The Bertz CT molecular complexity index is 1280. The molecule has 2 amide bonds. The van der Waals surface area contributed by atoms with E-state index >= 15 is 0 Å². The van der Waals surface area contributed by atoms with E-state index in [-0.39, 0.29) is 36.2 Å². The lowest BCUT2D eigenvalue weighted by Crippen LogP contribution is -2.29. The zero-order valence-corrected chi connectivity index (χ0v) is 18.7. The number of nitrogens with one attached hydrogen (secondary N) is 2. The summed E-state index contributed by atoms with van der Waals surface area (Å²) in [7, 11) is 0. The van der Waals surface area contributed by atoms with Crippen molar-refractivity contribution in [3.8, 4) is 11.1 Å². The largest absolute Gasteiger partial charge is 0.478 e. The van der Waals surface area contributed by atoms with Crippen molar-refractivity contribution in [2.24, 2.45) is 11.8 Å². The number of amides is 2. The van der Waals surface area contributed by atoms with Crippen LogP contribution in [0.1, 0.15) is 33.8 Å². The van der Waals surface area contributed by atoms with Gasteiger partial charge in [0.05, 0.1) is 11.3 Å². The topological polar surface area (TPSA) is 105 Å². The van der Waals surface area contributed by atoms with E-state index in [0.29, 0.717) is 6.42 Å². The van der Waals surface area contributed by atoms with Crippen LogP contribution in [-0.4, -0.2) is 36.2 Å². The summed E-state index contributed by atoms with van der Waals surface area (Å²) in [6.07, 6.45) is -0.0241. The summed E-state index contributed by atoms with van der Waals surface area (Å²) in [6, 6.07) is 19.3. The van der Waals surface area contributed by atoms with Crippen LogP contribution >= 0.6 is 0 Å². The Labute approximate surface area is 200 Å². The Balaban J connectivity index is 1.12. The van der Waals surface area contributed by atoms with Gasteiger partial charge in [-0.1, -0.05) is 48.5 Å². The molecule has 35 heavy (non-hydrogen) atoms. The first-order valence-corrected chi connectivity index (χ1v) is 11.3. The number of alkyl carbamates (subject to hydrolysis) is 1. The number of fused-ring (bicyclic) bond motifs is 3. The monoisotopic (exact) mass is 474 g/mol. The minimum atomic E-state index is -1.26. The van der Waals surface area contributed by atoms with Crippen LogP contribution in [0.4, 0.5) is 14.9 Å². The third-order valence-electron chi connectivity index (χ3n) is 6.58. The van der Waals surface area contributed by atoms with Gasteiger partial charge < -0.3 is 20.5 Å². The van der Waals surface area contributed by atoms with Gasteiger partial charge in [0, 0.05) is 18.4 Å². The lowest BCUT2D eigenvalue weighted by molar-refractivity contribution is -0.117. The van der Waals surface area contributed by atoms with Gasteiger partial charge in [-0.05, 0) is 52.8 Å². The molecule has 0 saturated heterocycles. The molecule has 0 bridgehead atoms. The maximum atomic E-state index is 13.5. The van der Waals surface area contributed by atoms with E-state index in [1.165, 1.54) is 0 Å². The SMILES string of the molecule is O=C(NCC1CC1C(=O)Nc1cc(F)ccc1C(=O)O)OCC1c2ccccc2-c2ccccc21. The minimum Gasteiger partial charge on any atom is -0.478 e. The van der Waals surface area contributed by atoms with E-state index in [1.807, 2.05) is 36.4 Å². The summed E-state index contributed by atoms with van der Waals surface area (Å²) in [5, 5.41) is 14.4. The van der Waals surface area contributed by atoms with Gasteiger partial charge in [-0.15, -0.1) is 0 Å². The summed E-state index contributed by atoms with van der Waals surface area (Å²) in [4.78, 5) is 36.1. The van der Waals surface area contributed by atoms with Gasteiger partial charge in [0.25, 0.3) is 0 Å². The summed E-state index contributed by atoms with van der Waals surface area (Å²) in [6.45, 7) is 0.454. The number of carboxylic acid groups (broad SMARTS) is 1. The average Bonchev–Trinajstić information content (AvgIpc) is 3.56. The van der Waals surface area contributed by atoms with Crippen molar-refractivity contribution >= 4 is 23.7 Å². The average molecular weight is 474 g/mol. The smallest absolute Gasteiger partial charge is 0.407 e. The summed E-state index contributed by atoms with van der Waals surface area (Å²) in [5.74, 6) is -2.84. The van der Waals surface area contributed by atoms with Gasteiger partial charge >= 0.3 is 12.1 Å². The minimum absolute atomic E-state index is 0.0395. The number of rotatable bonds is 7. The highest BCUT2D eigenvalue weighted by atomic mass is 19.1. The molecule has 5 rings (SSSR count). The molecule has 3 N–H and O–H groups in total. The first kappa shape index (κ1) is 22.6. The molecule has 0 heterocycles. The van der Waals surface area contributed by atoms with Gasteiger partial charge in [0.1, 0.15) is 12.4 Å². The van der Waals surface area contributed by atoms with Gasteiger partial charge in [0.2, 0.25) is 5.91 Å². The maximum Gasteiger partial charge on any atom is 0.407 e. The Morgan fingerprint density at radius 2 is 1.63 bits per heavy atom. The molecule has 3 aromatic rings. The van der Waals surface area contributed by atoms with E-state index in [9.17, 15) is 23.9 Å². The second-order valence-corrected chi connectivity index (χ2v) is 8.79. The molecular weight excluding hydrogens is 451 g/mol. The number of carbonyl (C=O) groups is 3. The van der Waals surface area contributed by atoms with Crippen LogP contribution in [0.15, 0.2) is 66.7 Å². The third kappa shape index (κ3) is 4.59. The molecule has 7 nitrogen and oxygen atoms in total. The van der Waals surface area contributed by atoms with Gasteiger partial charge in [-0.25, -0.2) is 14.0 Å². The molecule has 0 spiro atoms. The Morgan fingerprint density at radius 1 is 0.971 bits per heavy atom. The maximum absolute atomic E-state index is 13.5. The van der Waals surface area contributed by atoms with Crippen molar-refractivity contribution in [1.82, 2.24) is 5.32 Å². The lowest BCUT2D eigenvalue weighted by Gasteiger charge is -2.14. The van der Waals surface area contributed by atoms with E-state index in [4.69, 9.17) is 4.74 Å². The van der Waals surface area contributed by atoms with Crippen molar-refractivity contribution in [3.05, 3.63) is 89.2 Å². The van der Waals surface area contributed by atoms with Crippen molar-refractivity contribution in [2.75, 3.05) is 18.5 Å². The van der Waals surface area contributed by atoms with Crippen molar-refractivity contribution in [3.63, 3.8) is 0 Å². The normalized spacial score (nSPS) is 17.7. The number of anilines is 1. The fourth-order valence-electron chi connectivity index (χ4n) is 4.69. The van der Waals surface area contributed by atoms with E-state index in [0.717, 1.165) is 40.5 Å². The van der Waals surface area contributed by atoms with Crippen molar-refractivity contribution in [1.29, 1.82) is 0 Å². The van der Waals surface area contributed by atoms with Crippen molar-refractivity contribution < 1.29 is 28.6 Å². The molecule has 1 saturated carbocycles. The highest BCUT2D eigenvalue weighted by Gasteiger charge is 2.43. The zero-order valence-electron chi connectivity index (χ0n) is 18.7. The van der Waals surface area contributed by atoms with E-state index in [2.05, 4.69) is 22.8 Å². The number of hydrogen-bond donors (Lipinski definition) is 3. The molecule has 1 fully saturated rings. The summed E-state index contributed by atoms with van der Waals surface area (Å²) >= 11 is 0. The Morgan fingerprint density at radius 3 is 2.29 bits per heavy atom. The summed E-state index contributed by atoms with van der Waals surface area (Å²) < 4.78 is 19.0. The molecule has 2 aliphatic carbocycles. The third-order valence-corrected chi connectivity index (χ3v) is 6.58. The van der Waals surface area contributed by atoms with Gasteiger partial charge in [0.15, 0.2) is 0 Å². The number of carbonyl (C=O) groups excluding carboxylic acids is 2. The molecular formula is C27H23FN2O5. The first-order chi connectivity index (χ1) is 16.9. The standard InChI is InChI=1S/C27H23FN2O5/c28-16-9-10-21(26(32)33)24(12-16)30-25(31)22-11-15(22)13-29-27(34)35-14-23-19-7-3-1-5-17(19)18-6-2-4-8-20(18)23/h1-10,12,15,22-23H,11,13-14H2,(H,29,34)(H,30,31)(H,32,33). The molecule has 2 aliphatic rings. The molecule has 178 valence electrons. The lowest BCUT2D eigenvalue weighted by atomic mass is 9.98. The van der Waals surface area contributed by atoms with Crippen LogP contribution in [-0.2, 0) is 9.53 Å². The number of aromatic carboxylic acids is 1. The van der Waals surface area contributed by atoms with E-state index < -0.39 is 29.7 Å². The zero-order chi connectivity index (χ0) is 24.5. The van der Waals surface area contributed by atoms with Crippen LogP contribution in [0.3, 0.4) is 0 Å². The highest BCUT2D eigenvalue weighted by molar-refractivity contribution is 6.02. The molecule has 2 atom stereocenters. The van der Waals surface area contributed by atoms with Crippen LogP contribution in [0.2, 0.25) is 0 Å². The molecule has 0 aromatic heterocycles. The second-order valence-electron chi connectivity index (χ2n) is 8.79. The predicted octanol–water partition coefficient (Wildman–Crippen LogP) is 4.64. The molecule has 8 heteroatoms. The number of halogens is 1. The highest BCUT2D eigenvalue weighted by Crippen LogP contribution is 2.44.